The van der Waals surface area contributed by atoms with Crippen molar-refractivity contribution in [1.29, 1.82) is 0 Å². The van der Waals surface area contributed by atoms with Crippen LogP contribution in [0.5, 0.6) is 5.75 Å². The van der Waals surface area contributed by atoms with Crippen molar-refractivity contribution in [1.82, 2.24) is 9.97 Å². The first kappa shape index (κ1) is 15.9. The topological polar surface area (TPSA) is 61.0 Å². The van der Waals surface area contributed by atoms with Gasteiger partial charge in [-0.05, 0) is 19.1 Å². The quantitative estimate of drug-likeness (QED) is 0.920. The van der Waals surface area contributed by atoms with Crippen LogP contribution in [0.2, 0.25) is 0 Å². The van der Waals surface area contributed by atoms with Crippen LogP contribution in [0.3, 0.4) is 0 Å². The summed E-state index contributed by atoms with van der Waals surface area (Å²) in [5, 5.41) is 3.09. The maximum Gasteiger partial charge on any atom is 0.140 e. The van der Waals surface area contributed by atoms with Crippen LogP contribution in [0.15, 0.2) is 23.7 Å². The second kappa shape index (κ2) is 6.54. The van der Waals surface area contributed by atoms with Gasteiger partial charge in [0.15, 0.2) is 0 Å². The Balaban J connectivity index is 1.92. The van der Waals surface area contributed by atoms with Gasteiger partial charge in [-0.3, -0.25) is 4.98 Å². The monoisotopic (exact) mass is 305 g/mol. The molecule has 1 atom stereocenters. The summed E-state index contributed by atoms with van der Waals surface area (Å²) >= 11 is 1.63. The zero-order valence-electron chi connectivity index (χ0n) is 13.1. The number of thiazole rings is 1. The molecule has 2 rings (SSSR count). The number of nitrogens with two attached hydrogens (primary N) is 1. The number of hydrogen-bond donors (Lipinski definition) is 1. The molecule has 0 radical (unpaired) electrons. The van der Waals surface area contributed by atoms with Crippen LogP contribution in [0.1, 0.15) is 44.1 Å². The summed E-state index contributed by atoms with van der Waals surface area (Å²) in [6.07, 6.45) is 2.53. The molecule has 4 nitrogen and oxygen atoms in total. The molecule has 0 fully saturated rings. The van der Waals surface area contributed by atoms with E-state index < -0.39 is 0 Å². The van der Waals surface area contributed by atoms with Gasteiger partial charge in [-0.25, -0.2) is 4.98 Å². The molecule has 0 aliphatic carbocycles. The van der Waals surface area contributed by atoms with E-state index >= 15 is 0 Å². The Hall–Kier alpha value is -1.46. The minimum Gasteiger partial charge on any atom is -0.485 e. The van der Waals surface area contributed by atoms with Gasteiger partial charge < -0.3 is 10.5 Å². The van der Waals surface area contributed by atoms with E-state index in [0.717, 1.165) is 28.6 Å². The second-order valence-corrected chi connectivity index (χ2v) is 7.27. The summed E-state index contributed by atoms with van der Waals surface area (Å²) in [7, 11) is 0. The van der Waals surface area contributed by atoms with Crippen molar-refractivity contribution in [3.05, 3.63) is 40.1 Å². The number of nitrogens with zero attached hydrogens (tertiary/aromatic N) is 2. The first-order valence-electron chi connectivity index (χ1n) is 7.13. The minimum absolute atomic E-state index is 0.0802. The second-order valence-electron chi connectivity index (χ2n) is 6.33. The average Bonchev–Trinajstić information content (AvgIpc) is 2.86. The van der Waals surface area contributed by atoms with E-state index in [0.29, 0.717) is 6.61 Å². The standard InChI is InChI=1S/C16H23N3OS/c1-11(17)7-12-5-6-13(8-18-12)20-9-15-19-14(10-21-15)16(2,3)4/h5-6,8,10-11H,7,9,17H2,1-4H3. The molecular weight excluding hydrogens is 282 g/mol. The van der Waals surface area contributed by atoms with Crippen molar-refractivity contribution in [3.8, 4) is 5.75 Å². The predicted molar refractivity (Wildman–Crippen MR) is 86.7 cm³/mol. The Morgan fingerprint density at radius 1 is 1.33 bits per heavy atom. The van der Waals surface area contributed by atoms with Gasteiger partial charge in [-0.2, -0.15) is 0 Å². The molecule has 0 aromatic carbocycles. The zero-order valence-corrected chi connectivity index (χ0v) is 13.9. The number of ether oxygens (including phenoxy) is 1. The summed E-state index contributed by atoms with van der Waals surface area (Å²) in [4.78, 5) is 8.96. The van der Waals surface area contributed by atoms with Gasteiger partial charge >= 0.3 is 0 Å². The molecular formula is C16H23N3OS. The molecule has 1 unspecified atom stereocenters. The third-order valence-electron chi connectivity index (χ3n) is 3.01. The zero-order chi connectivity index (χ0) is 15.5. The van der Waals surface area contributed by atoms with Crippen LogP contribution < -0.4 is 10.5 Å². The normalized spacial score (nSPS) is 13.2. The molecule has 0 saturated heterocycles. The first-order chi connectivity index (χ1) is 9.84. The lowest BCUT2D eigenvalue weighted by Gasteiger charge is -2.14. The summed E-state index contributed by atoms with van der Waals surface area (Å²) in [6.45, 7) is 8.94. The number of hydrogen-bond acceptors (Lipinski definition) is 5. The van der Waals surface area contributed by atoms with Gasteiger partial charge in [0.05, 0.1) is 11.9 Å². The lowest BCUT2D eigenvalue weighted by atomic mass is 9.93. The number of pyridine rings is 1. The fourth-order valence-electron chi connectivity index (χ4n) is 1.81. The largest absolute Gasteiger partial charge is 0.485 e. The molecule has 2 aromatic rings. The summed E-state index contributed by atoms with van der Waals surface area (Å²) in [5.41, 5.74) is 7.93. The SMILES string of the molecule is CC(N)Cc1ccc(OCc2nc(C(C)(C)C)cs2)cn1. The fourth-order valence-corrected chi connectivity index (χ4v) is 2.75. The summed E-state index contributed by atoms with van der Waals surface area (Å²) < 4.78 is 5.73. The van der Waals surface area contributed by atoms with Crippen LogP contribution in [0.4, 0.5) is 0 Å². The molecule has 5 heteroatoms. The lowest BCUT2D eigenvalue weighted by Crippen LogP contribution is -2.18. The van der Waals surface area contributed by atoms with Crippen LogP contribution in [0.25, 0.3) is 0 Å². The Bertz CT molecular complexity index is 570. The van der Waals surface area contributed by atoms with E-state index in [9.17, 15) is 0 Å². The van der Waals surface area contributed by atoms with Gasteiger partial charge in [0.2, 0.25) is 0 Å². The average molecular weight is 305 g/mol. The van der Waals surface area contributed by atoms with Gasteiger partial charge in [0.25, 0.3) is 0 Å². The number of rotatable bonds is 5. The van der Waals surface area contributed by atoms with Crippen LogP contribution in [0, 0.1) is 0 Å². The highest BCUT2D eigenvalue weighted by Crippen LogP contribution is 2.24. The third kappa shape index (κ3) is 4.79. The molecule has 2 N–H and O–H groups in total. The molecule has 0 aliphatic heterocycles. The molecule has 2 heterocycles. The van der Waals surface area contributed by atoms with E-state index in [1.807, 2.05) is 19.1 Å². The van der Waals surface area contributed by atoms with E-state index in [2.05, 4.69) is 36.1 Å². The first-order valence-corrected chi connectivity index (χ1v) is 8.01. The highest BCUT2D eigenvalue weighted by molar-refractivity contribution is 7.09. The van der Waals surface area contributed by atoms with E-state index in [-0.39, 0.29) is 11.5 Å². The van der Waals surface area contributed by atoms with Crippen molar-refractivity contribution in [2.24, 2.45) is 5.73 Å². The third-order valence-corrected chi connectivity index (χ3v) is 3.83. The predicted octanol–water partition coefficient (Wildman–Crippen LogP) is 3.30. The lowest BCUT2D eigenvalue weighted by molar-refractivity contribution is 0.303. The minimum atomic E-state index is 0.0802. The summed E-state index contributed by atoms with van der Waals surface area (Å²) in [5.74, 6) is 0.760. The highest BCUT2D eigenvalue weighted by Gasteiger charge is 2.17. The smallest absolute Gasteiger partial charge is 0.140 e. The molecule has 0 saturated carbocycles. The number of aromatic nitrogens is 2. The van der Waals surface area contributed by atoms with Crippen molar-refractivity contribution < 1.29 is 4.74 Å². The highest BCUT2D eigenvalue weighted by atomic mass is 32.1. The van der Waals surface area contributed by atoms with Crippen LogP contribution >= 0.6 is 11.3 Å². The van der Waals surface area contributed by atoms with Gasteiger partial charge in [-0.1, -0.05) is 20.8 Å². The van der Waals surface area contributed by atoms with E-state index in [1.165, 1.54) is 0 Å². The van der Waals surface area contributed by atoms with Crippen LogP contribution in [-0.4, -0.2) is 16.0 Å². The molecule has 0 amide bonds. The van der Waals surface area contributed by atoms with Crippen molar-refractivity contribution >= 4 is 11.3 Å². The Labute approximate surface area is 130 Å². The Morgan fingerprint density at radius 2 is 2.10 bits per heavy atom. The van der Waals surface area contributed by atoms with Gasteiger partial charge in [0, 0.05) is 29.0 Å². The fraction of sp³-hybridized carbons (Fsp3) is 0.500. The molecule has 0 aliphatic rings. The van der Waals surface area contributed by atoms with E-state index in [4.69, 9.17) is 10.5 Å². The maximum atomic E-state index is 5.76. The Morgan fingerprint density at radius 3 is 2.62 bits per heavy atom. The van der Waals surface area contributed by atoms with Crippen molar-refractivity contribution in [2.75, 3.05) is 0 Å². The van der Waals surface area contributed by atoms with Gasteiger partial charge in [-0.15, -0.1) is 11.3 Å². The van der Waals surface area contributed by atoms with Crippen LogP contribution in [-0.2, 0) is 18.4 Å². The van der Waals surface area contributed by atoms with E-state index in [1.54, 1.807) is 17.5 Å². The Kier molecular flexibility index (Phi) is 4.96. The molecule has 114 valence electrons. The van der Waals surface area contributed by atoms with Crippen molar-refractivity contribution in [3.63, 3.8) is 0 Å². The summed E-state index contributed by atoms with van der Waals surface area (Å²) in [6, 6.07) is 4.01. The molecule has 21 heavy (non-hydrogen) atoms. The van der Waals surface area contributed by atoms with Gasteiger partial charge in [0.1, 0.15) is 17.4 Å². The van der Waals surface area contributed by atoms with Crippen molar-refractivity contribution in [2.45, 2.75) is 52.2 Å². The molecule has 2 aromatic heterocycles. The molecule has 0 bridgehead atoms. The maximum absolute atomic E-state index is 5.76. The molecule has 0 spiro atoms.